The SMILES string of the molecule is Cc1n[nH]c(C)c1-c1cnc(C[C@@H]2CCN(S(=O)(=O)N(C)C)C2)cn1. The van der Waals surface area contributed by atoms with Gasteiger partial charge >= 0.3 is 0 Å². The van der Waals surface area contributed by atoms with E-state index in [9.17, 15) is 8.42 Å². The minimum absolute atomic E-state index is 0.271. The van der Waals surface area contributed by atoms with Crippen LogP contribution < -0.4 is 0 Å². The summed E-state index contributed by atoms with van der Waals surface area (Å²) in [6.45, 7) is 4.99. The van der Waals surface area contributed by atoms with Crippen molar-refractivity contribution in [2.24, 2.45) is 5.92 Å². The molecule has 25 heavy (non-hydrogen) atoms. The smallest absolute Gasteiger partial charge is 0.281 e. The summed E-state index contributed by atoms with van der Waals surface area (Å²) in [5.41, 5.74) is 4.55. The van der Waals surface area contributed by atoms with Crippen molar-refractivity contribution >= 4 is 10.2 Å². The topological polar surface area (TPSA) is 95.1 Å². The summed E-state index contributed by atoms with van der Waals surface area (Å²) in [5.74, 6) is 0.271. The standard InChI is InChI=1S/C16H24N6O2S/c1-11-16(12(2)20-19-11)15-9-17-14(8-18-15)7-13-5-6-22(10-13)25(23,24)21(3)4/h8-9,13H,5-7,10H2,1-4H3,(H,19,20)/t13-/m0/s1. The lowest BCUT2D eigenvalue weighted by atomic mass is 10.0. The third-order valence-corrected chi connectivity index (χ3v) is 6.53. The lowest BCUT2D eigenvalue weighted by molar-refractivity contribution is 0.409. The molecule has 8 nitrogen and oxygen atoms in total. The normalized spacial score (nSPS) is 19.0. The van der Waals surface area contributed by atoms with E-state index in [2.05, 4.69) is 20.2 Å². The highest BCUT2D eigenvalue weighted by molar-refractivity contribution is 7.86. The molecule has 0 unspecified atom stereocenters. The Bertz CT molecular complexity index is 825. The van der Waals surface area contributed by atoms with Gasteiger partial charge in [-0.15, -0.1) is 0 Å². The maximum atomic E-state index is 12.2. The van der Waals surface area contributed by atoms with Crippen molar-refractivity contribution in [3.05, 3.63) is 29.5 Å². The Kier molecular flexibility index (Phi) is 4.90. The summed E-state index contributed by atoms with van der Waals surface area (Å²) in [7, 11) is -0.203. The van der Waals surface area contributed by atoms with Gasteiger partial charge in [-0.1, -0.05) is 0 Å². The molecular formula is C16H24N6O2S. The van der Waals surface area contributed by atoms with Gasteiger partial charge in [0, 0.05) is 44.6 Å². The first kappa shape index (κ1) is 18.0. The molecule has 3 rings (SSSR count). The quantitative estimate of drug-likeness (QED) is 0.859. The number of rotatable bonds is 5. The van der Waals surface area contributed by atoms with Crippen molar-refractivity contribution in [3.63, 3.8) is 0 Å². The van der Waals surface area contributed by atoms with Crippen molar-refractivity contribution in [1.29, 1.82) is 0 Å². The van der Waals surface area contributed by atoms with Crippen LogP contribution >= 0.6 is 0 Å². The Morgan fingerprint density at radius 1 is 1.28 bits per heavy atom. The van der Waals surface area contributed by atoms with Crippen molar-refractivity contribution in [2.45, 2.75) is 26.7 Å². The van der Waals surface area contributed by atoms with Gasteiger partial charge in [0.15, 0.2) is 0 Å². The van der Waals surface area contributed by atoms with Crippen molar-refractivity contribution < 1.29 is 8.42 Å². The lowest BCUT2D eigenvalue weighted by Gasteiger charge is -2.20. The molecule has 0 spiro atoms. The van der Waals surface area contributed by atoms with Gasteiger partial charge in [0.05, 0.1) is 23.3 Å². The maximum Gasteiger partial charge on any atom is 0.281 e. The second-order valence-electron chi connectivity index (χ2n) is 6.71. The van der Waals surface area contributed by atoms with Gasteiger partial charge in [-0.3, -0.25) is 15.1 Å². The fourth-order valence-corrected chi connectivity index (χ4v) is 4.41. The van der Waals surface area contributed by atoms with E-state index in [-0.39, 0.29) is 5.92 Å². The first-order valence-corrected chi connectivity index (χ1v) is 9.69. The summed E-state index contributed by atoms with van der Waals surface area (Å²) in [4.78, 5) is 9.04. The van der Waals surface area contributed by atoms with E-state index in [1.165, 1.54) is 8.61 Å². The van der Waals surface area contributed by atoms with Crippen molar-refractivity contribution in [3.8, 4) is 11.3 Å². The molecule has 0 aliphatic carbocycles. The van der Waals surface area contributed by atoms with Crippen LogP contribution in [0, 0.1) is 19.8 Å². The van der Waals surface area contributed by atoms with Crippen LogP contribution in [-0.4, -0.2) is 64.4 Å². The Morgan fingerprint density at radius 2 is 2.04 bits per heavy atom. The van der Waals surface area contributed by atoms with Crippen molar-refractivity contribution in [2.75, 3.05) is 27.2 Å². The highest BCUT2D eigenvalue weighted by atomic mass is 32.2. The summed E-state index contributed by atoms with van der Waals surface area (Å²) in [6.07, 6.45) is 5.13. The number of hydrogen-bond acceptors (Lipinski definition) is 5. The first-order valence-electron chi connectivity index (χ1n) is 8.29. The predicted octanol–water partition coefficient (Wildman–Crippen LogP) is 1.15. The van der Waals surface area contributed by atoms with E-state index < -0.39 is 10.2 Å². The summed E-state index contributed by atoms with van der Waals surface area (Å²) >= 11 is 0. The van der Waals surface area contributed by atoms with Crippen molar-refractivity contribution in [1.82, 2.24) is 28.8 Å². The van der Waals surface area contributed by atoms with E-state index in [0.29, 0.717) is 13.1 Å². The number of aromatic nitrogens is 4. The third kappa shape index (κ3) is 3.58. The predicted molar refractivity (Wildman–Crippen MR) is 95.1 cm³/mol. The fraction of sp³-hybridized carbons (Fsp3) is 0.562. The third-order valence-electron chi connectivity index (χ3n) is 4.62. The largest absolute Gasteiger partial charge is 0.282 e. The van der Waals surface area contributed by atoms with Gasteiger partial charge in [0.1, 0.15) is 0 Å². The average Bonchev–Trinajstić information content (AvgIpc) is 3.16. The van der Waals surface area contributed by atoms with Gasteiger partial charge in [-0.2, -0.15) is 22.1 Å². The molecule has 0 bridgehead atoms. The van der Waals surface area contributed by atoms with Crippen LogP contribution in [0.25, 0.3) is 11.3 Å². The zero-order valence-electron chi connectivity index (χ0n) is 15.0. The van der Waals surface area contributed by atoms with E-state index in [1.807, 2.05) is 13.8 Å². The molecule has 0 aromatic carbocycles. The highest BCUT2D eigenvalue weighted by Gasteiger charge is 2.32. The highest BCUT2D eigenvalue weighted by Crippen LogP contribution is 2.25. The molecule has 136 valence electrons. The maximum absolute atomic E-state index is 12.2. The van der Waals surface area contributed by atoms with E-state index in [4.69, 9.17) is 0 Å². The van der Waals surface area contributed by atoms with E-state index in [0.717, 1.165) is 41.2 Å². The number of H-pyrrole nitrogens is 1. The van der Waals surface area contributed by atoms with Crippen LogP contribution in [0.5, 0.6) is 0 Å². The molecular weight excluding hydrogens is 340 g/mol. The molecule has 3 heterocycles. The van der Waals surface area contributed by atoms with Crippen LogP contribution in [0.1, 0.15) is 23.5 Å². The Balaban J connectivity index is 1.67. The number of aryl methyl sites for hydroxylation is 2. The molecule has 9 heteroatoms. The van der Waals surface area contributed by atoms with Crippen LogP contribution in [0.2, 0.25) is 0 Å². The van der Waals surface area contributed by atoms with Gasteiger partial charge in [0.2, 0.25) is 0 Å². The molecule has 2 aromatic rings. The minimum atomic E-state index is -3.33. The molecule has 1 N–H and O–H groups in total. The first-order chi connectivity index (χ1) is 11.8. The number of aromatic amines is 1. The molecule has 2 aromatic heterocycles. The molecule has 0 amide bonds. The van der Waals surface area contributed by atoms with Gasteiger partial charge < -0.3 is 0 Å². The summed E-state index contributed by atoms with van der Waals surface area (Å²) in [5, 5.41) is 7.14. The number of nitrogens with one attached hydrogen (secondary N) is 1. The fourth-order valence-electron chi connectivity index (χ4n) is 3.22. The molecule has 1 atom stereocenters. The molecule has 0 saturated carbocycles. The molecule has 1 fully saturated rings. The monoisotopic (exact) mass is 364 g/mol. The Labute approximate surface area is 148 Å². The second kappa shape index (κ2) is 6.81. The van der Waals surface area contributed by atoms with Crippen LogP contribution in [-0.2, 0) is 16.6 Å². The van der Waals surface area contributed by atoms with Gasteiger partial charge in [-0.05, 0) is 32.6 Å². The molecule has 1 aliphatic rings. The van der Waals surface area contributed by atoms with E-state index in [1.54, 1.807) is 26.5 Å². The zero-order valence-corrected chi connectivity index (χ0v) is 15.8. The summed E-state index contributed by atoms with van der Waals surface area (Å²) in [6, 6.07) is 0. The Hall–Kier alpha value is -1.84. The average molecular weight is 364 g/mol. The second-order valence-corrected chi connectivity index (χ2v) is 8.85. The lowest BCUT2D eigenvalue weighted by Crippen LogP contribution is -2.38. The molecule has 1 aliphatic heterocycles. The van der Waals surface area contributed by atoms with Gasteiger partial charge in [-0.25, -0.2) is 0 Å². The van der Waals surface area contributed by atoms with E-state index >= 15 is 0 Å². The zero-order chi connectivity index (χ0) is 18.2. The number of hydrogen-bond donors (Lipinski definition) is 1. The number of nitrogens with zero attached hydrogens (tertiary/aromatic N) is 5. The molecule has 1 saturated heterocycles. The van der Waals surface area contributed by atoms with Crippen LogP contribution in [0.3, 0.4) is 0 Å². The van der Waals surface area contributed by atoms with Gasteiger partial charge in [0.25, 0.3) is 10.2 Å². The summed E-state index contributed by atoms with van der Waals surface area (Å²) < 4.78 is 27.2. The van der Waals surface area contributed by atoms with Crippen LogP contribution in [0.15, 0.2) is 12.4 Å². The Morgan fingerprint density at radius 3 is 2.60 bits per heavy atom. The minimum Gasteiger partial charge on any atom is -0.282 e. The molecule has 0 radical (unpaired) electrons. The van der Waals surface area contributed by atoms with Crippen LogP contribution in [0.4, 0.5) is 0 Å².